The Labute approximate surface area is 116 Å². The Morgan fingerprint density at radius 1 is 1.11 bits per heavy atom. The van der Waals surface area contributed by atoms with Crippen LogP contribution in [0.2, 0.25) is 0 Å². The molecule has 3 nitrogen and oxygen atoms in total. The summed E-state index contributed by atoms with van der Waals surface area (Å²) in [6, 6.07) is 7.93. The smallest absolute Gasteiger partial charge is 0.242 e. The molecule has 1 aromatic rings. The van der Waals surface area contributed by atoms with Gasteiger partial charge in [0.15, 0.2) is 0 Å². The van der Waals surface area contributed by atoms with E-state index in [2.05, 4.69) is 44.4 Å². The van der Waals surface area contributed by atoms with E-state index >= 15 is 0 Å². The summed E-state index contributed by atoms with van der Waals surface area (Å²) in [5.74, 6) is 0.959. The van der Waals surface area contributed by atoms with E-state index in [1.54, 1.807) is 0 Å². The Balaban J connectivity index is 2.66. The fourth-order valence-corrected chi connectivity index (χ4v) is 1.89. The monoisotopic (exact) mass is 262 g/mol. The minimum atomic E-state index is -0.223. The van der Waals surface area contributed by atoms with Gasteiger partial charge in [0, 0.05) is 12.2 Å². The van der Waals surface area contributed by atoms with E-state index in [0.717, 1.165) is 12.2 Å². The number of amides is 1. The zero-order chi connectivity index (χ0) is 14.4. The Hall–Kier alpha value is -1.51. The van der Waals surface area contributed by atoms with Crippen LogP contribution in [0.5, 0.6) is 0 Å². The van der Waals surface area contributed by atoms with Gasteiger partial charge >= 0.3 is 0 Å². The quantitative estimate of drug-likeness (QED) is 0.825. The number of hydrogen-bond donors (Lipinski definition) is 2. The molecule has 0 fully saturated rings. The molecule has 0 saturated heterocycles. The number of carbonyl (C=O) groups is 1. The molecule has 1 unspecified atom stereocenters. The number of nitrogens with one attached hydrogen (secondary N) is 2. The number of para-hydroxylation sites is 1. The molecule has 1 rings (SSSR count). The van der Waals surface area contributed by atoms with Gasteiger partial charge < -0.3 is 10.6 Å². The molecule has 0 heterocycles. The third-order valence-corrected chi connectivity index (χ3v) is 3.03. The Morgan fingerprint density at radius 3 is 2.32 bits per heavy atom. The van der Waals surface area contributed by atoms with Crippen LogP contribution in [0.15, 0.2) is 24.3 Å². The molecule has 106 valence electrons. The molecule has 0 aliphatic rings. The van der Waals surface area contributed by atoms with Crippen molar-refractivity contribution >= 4 is 11.6 Å². The first kappa shape index (κ1) is 15.5. The van der Waals surface area contributed by atoms with E-state index in [0.29, 0.717) is 11.8 Å². The average molecular weight is 262 g/mol. The van der Waals surface area contributed by atoms with E-state index in [9.17, 15) is 4.79 Å². The van der Waals surface area contributed by atoms with Gasteiger partial charge in [0.2, 0.25) is 5.91 Å². The Morgan fingerprint density at radius 2 is 1.74 bits per heavy atom. The van der Waals surface area contributed by atoms with Crippen molar-refractivity contribution < 1.29 is 4.79 Å². The van der Waals surface area contributed by atoms with Crippen molar-refractivity contribution in [1.29, 1.82) is 0 Å². The van der Waals surface area contributed by atoms with Crippen LogP contribution in [-0.2, 0) is 4.79 Å². The lowest BCUT2D eigenvalue weighted by atomic mass is 10.0. The minimum Gasteiger partial charge on any atom is -0.374 e. The lowest BCUT2D eigenvalue weighted by Gasteiger charge is -2.19. The summed E-state index contributed by atoms with van der Waals surface area (Å²) in [6.45, 7) is 11.1. The largest absolute Gasteiger partial charge is 0.374 e. The second-order valence-corrected chi connectivity index (χ2v) is 5.75. The number of benzene rings is 1. The van der Waals surface area contributed by atoms with Gasteiger partial charge in [0.05, 0.1) is 0 Å². The zero-order valence-corrected chi connectivity index (χ0v) is 12.7. The maximum absolute atomic E-state index is 12.0. The molecule has 19 heavy (non-hydrogen) atoms. The second kappa shape index (κ2) is 7.17. The van der Waals surface area contributed by atoms with E-state index in [-0.39, 0.29) is 11.9 Å². The third-order valence-electron chi connectivity index (χ3n) is 3.03. The van der Waals surface area contributed by atoms with E-state index in [1.165, 1.54) is 5.56 Å². The number of hydrogen-bond acceptors (Lipinski definition) is 2. The SMILES string of the molecule is CC(C)CNC(=O)C(C)Nc1ccccc1C(C)C. The van der Waals surface area contributed by atoms with Gasteiger partial charge in [0.1, 0.15) is 6.04 Å². The maximum Gasteiger partial charge on any atom is 0.242 e. The molecule has 0 aliphatic heterocycles. The standard InChI is InChI=1S/C16H26N2O/c1-11(2)10-17-16(19)13(5)18-15-9-7-6-8-14(15)12(3)4/h6-9,11-13,18H,10H2,1-5H3,(H,17,19). The van der Waals surface area contributed by atoms with Crippen molar-refractivity contribution in [2.45, 2.75) is 46.6 Å². The fraction of sp³-hybridized carbons (Fsp3) is 0.562. The molecule has 0 aromatic heterocycles. The summed E-state index contributed by atoms with van der Waals surface area (Å²) in [7, 11) is 0. The average Bonchev–Trinajstić information content (AvgIpc) is 2.36. The summed E-state index contributed by atoms with van der Waals surface area (Å²) in [4.78, 5) is 12.0. The summed E-state index contributed by atoms with van der Waals surface area (Å²) in [5, 5.41) is 6.25. The van der Waals surface area contributed by atoms with Crippen molar-refractivity contribution in [3.8, 4) is 0 Å². The maximum atomic E-state index is 12.0. The molecule has 2 N–H and O–H groups in total. The van der Waals surface area contributed by atoms with Crippen molar-refractivity contribution in [1.82, 2.24) is 5.32 Å². The first-order chi connectivity index (χ1) is 8.91. The highest BCUT2D eigenvalue weighted by Crippen LogP contribution is 2.24. The van der Waals surface area contributed by atoms with Crippen LogP contribution >= 0.6 is 0 Å². The van der Waals surface area contributed by atoms with Gasteiger partial charge in [-0.1, -0.05) is 45.9 Å². The fourth-order valence-electron chi connectivity index (χ4n) is 1.89. The van der Waals surface area contributed by atoms with E-state index in [1.807, 2.05) is 25.1 Å². The van der Waals surface area contributed by atoms with Crippen molar-refractivity contribution in [2.24, 2.45) is 5.92 Å². The molecule has 0 spiro atoms. The summed E-state index contributed by atoms with van der Waals surface area (Å²) in [5.41, 5.74) is 2.29. The molecule has 1 amide bonds. The summed E-state index contributed by atoms with van der Waals surface area (Å²) in [6.07, 6.45) is 0. The molecular weight excluding hydrogens is 236 g/mol. The Bertz CT molecular complexity index is 413. The van der Waals surface area contributed by atoms with Crippen LogP contribution in [0.1, 0.15) is 46.1 Å². The van der Waals surface area contributed by atoms with Gasteiger partial charge in [-0.15, -0.1) is 0 Å². The van der Waals surface area contributed by atoms with Gasteiger partial charge in [-0.3, -0.25) is 4.79 Å². The van der Waals surface area contributed by atoms with Crippen molar-refractivity contribution in [2.75, 3.05) is 11.9 Å². The van der Waals surface area contributed by atoms with Gasteiger partial charge in [0.25, 0.3) is 0 Å². The molecule has 1 atom stereocenters. The van der Waals surface area contributed by atoms with Crippen LogP contribution in [-0.4, -0.2) is 18.5 Å². The highest BCUT2D eigenvalue weighted by Gasteiger charge is 2.14. The first-order valence-corrected chi connectivity index (χ1v) is 7.05. The topological polar surface area (TPSA) is 41.1 Å². The molecule has 0 aliphatic carbocycles. The summed E-state index contributed by atoms with van der Waals surface area (Å²) < 4.78 is 0. The van der Waals surface area contributed by atoms with Crippen LogP contribution < -0.4 is 10.6 Å². The molecule has 3 heteroatoms. The number of rotatable bonds is 6. The lowest BCUT2D eigenvalue weighted by Crippen LogP contribution is -2.39. The summed E-state index contributed by atoms with van der Waals surface area (Å²) >= 11 is 0. The lowest BCUT2D eigenvalue weighted by molar-refractivity contribution is -0.121. The minimum absolute atomic E-state index is 0.0484. The van der Waals surface area contributed by atoms with Gasteiger partial charge in [-0.2, -0.15) is 0 Å². The van der Waals surface area contributed by atoms with Gasteiger partial charge in [-0.05, 0) is 30.4 Å². The predicted octanol–water partition coefficient (Wildman–Crippen LogP) is 3.38. The zero-order valence-electron chi connectivity index (χ0n) is 12.7. The van der Waals surface area contributed by atoms with E-state index < -0.39 is 0 Å². The molecule has 0 radical (unpaired) electrons. The van der Waals surface area contributed by atoms with Crippen LogP contribution in [0, 0.1) is 5.92 Å². The highest BCUT2D eigenvalue weighted by molar-refractivity contribution is 5.84. The number of anilines is 1. The number of carbonyl (C=O) groups excluding carboxylic acids is 1. The van der Waals surface area contributed by atoms with Gasteiger partial charge in [-0.25, -0.2) is 0 Å². The Kier molecular flexibility index (Phi) is 5.87. The molecule has 1 aromatic carbocycles. The highest BCUT2D eigenvalue weighted by atomic mass is 16.2. The molecule has 0 saturated carbocycles. The third kappa shape index (κ3) is 4.93. The van der Waals surface area contributed by atoms with Crippen LogP contribution in [0.25, 0.3) is 0 Å². The normalized spacial score (nSPS) is 12.6. The second-order valence-electron chi connectivity index (χ2n) is 5.75. The van der Waals surface area contributed by atoms with Crippen molar-refractivity contribution in [3.63, 3.8) is 0 Å². The predicted molar refractivity (Wildman–Crippen MR) is 81.5 cm³/mol. The molecular formula is C16H26N2O. The van der Waals surface area contributed by atoms with E-state index in [4.69, 9.17) is 0 Å². The molecule has 0 bridgehead atoms. The van der Waals surface area contributed by atoms with Crippen molar-refractivity contribution in [3.05, 3.63) is 29.8 Å². The van der Waals surface area contributed by atoms with Crippen LogP contribution in [0.3, 0.4) is 0 Å². The van der Waals surface area contributed by atoms with Crippen LogP contribution in [0.4, 0.5) is 5.69 Å². The first-order valence-electron chi connectivity index (χ1n) is 7.05.